The Morgan fingerprint density at radius 3 is 2.76 bits per heavy atom. The van der Waals surface area contributed by atoms with Gasteiger partial charge in [0.15, 0.2) is 5.96 Å². The Bertz CT molecular complexity index is 592. The van der Waals surface area contributed by atoms with E-state index in [0.717, 1.165) is 36.9 Å². The molecule has 0 saturated carbocycles. The second kappa shape index (κ2) is 6.97. The van der Waals surface area contributed by atoms with E-state index in [1.54, 1.807) is 7.05 Å². The van der Waals surface area contributed by atoms with Crippen LogP contribution in [0.4, 0.5) is 0 Å². The van der Waals surface area contributed by atoms with Crippen LogP contribution in [0, 0.1) is 13.8 Å². The van der Waals surface area contributed by atoms with E-state index >= 15 is 0 Å². The lowest BCUT2D eigenvalue weighted by Crippen LogP contribution is -2.37. The van der Waals surface area contributed by atoms with Crippen molar-refractivity contribution >= 4 is 5.96 Å². The molecule has 0 fully saturated rings. The first-order chi connectivity index (χ1) is 10.1. The third-order valence-corrected chi connectivity index (χ3v) is 3.43. The topological polar surface area (TPSA) is 67.4 Å². The first-order valence-electron chi connectivity index (χ1n) is 7.07. The fourth-order valence-electron chi connectivity index (χ4n) is 2.24. The zero-order valence-corrected chi connectivity index (χ0v) is 13.1. The van der Waals surface area contributed by atoms with Crippen LogP contribution < -0.4 is 10.6 Å². The molecule has 0 aliphatic heterocycles. The molecule has 2 N–H and O–H groups in total. The van der Waals surface area contributed by atoms with Gasteiger partial charge in [-0.25, -0.2) is 0 Å². The van der Waals surface area contributed by atoms with Gasteiger partial charge < -0.3 is 19.7 Å². The summed E-state index contributed by atoms with van der Waals surface area (Å²) in [6.07, 6.45) is 4.99. The molecule has 0 amide bonds. The van der Waals surface area contributed by atoms with Gasteiger partial charge in [0.25, 0.3) is 0 Å². The van der Waals surface area contributed by atoms with Crippen LogP contribution in [0.3, 0.4) is 0 Å². The van der Waals surface area contributed by atoms with Crippen molar-refractivity contribution in [1.29, 1.82) is 0 Å². The van der Waals surface area contributed by atoms with Crippen LogP contribution in [0.25, 0.3) is 0 Å². The third kappa shape index (κ3) is 4.11. The smallest absolute Gasteiger partial charge is 0.191 e. The maximum Gasteiger partial charge on any atom is 0.191 e. The minimum Gasteiger partial charge on any atom is -0.361 e. The zero-order chi connectivity index (χ0) is 15.2. The van der Waals surface area contributed by atoms with E-state index in [-0.39, 0.29) is 0 Å². The molecule has 21 heavy (non-hydrogen) atoms. The van der Waals surface area contributed by atoms with Crippen molar-refractivity contribution in [3.8, 4) is 0 Å². The Kier molecular flexibility index (Phi) is 5.03. The molecule has 0 spiro atoms. The van der Waals surface area contributed by atoms with Gasteiger partial charge in [0.05, 0.1) is 5.69 Å². The van der Waals surface area contributed by atoms with Gasteiger partial charge in [0, 0.05) is 45.1 Å². The number of hydrogen-bond donors (Lipinski definition) is 2. The molecule has 0 atom stereocenters. The van der Waals surface area contributed by atoms with Crippen LogP contribution in [0.2, 0.25) is 0 Å². The number of aliphatic imine (C=N–C) groups is 1. The maximum atomic E-state index is 5.16. The Hall–Kier alpha value is -2.24. The molecule has 0 unspecified atom stereocenters. The van der Waals surface area contributed by atoms with Gasteiger partial charge in [-0.1, -0.05) is 5.16 Å². The standard InChI is InChI=1S/C15H23N5O/c1-11-14(12(2)21-19-11)5-7-17-15(16-3)18-9-13-6-8-20(4)10-13/h6,8,10H,5,7,9H2,1-4H3,(H2,16,17,18). The normalized spacial score (nSPS) is 11.7. The number of aryl methyl sites for hydroxylation is 3. The van der Waals surface area contributed by atoms with Crippen LogP contribution >= 0.6 is 0 Å². The molecule has 2 heterocycles. The van der Waals surface area contributed by atoms with E-state index in [1.807, 2.05) is 31.7 Å². The molecule has 0 bridgehead atoms. The number of guanidine groups is 1. The van der Waals surface area contributed by atoms with Gasteiger partial charge in [-0.15, -0.1) is 0 Å². The van der Waals surface area contributed by atoms with Crippen LogP contribution in [0.1, 0.15) is 22.6 Å². The van der Waals surface area contributed by atoms with E-state index in [9.17, 15) is 0 Å². The van der Waals surface area contributed by atoms with E-state index in [2.05, 4.69) is 33.0 Å². The largest absolute Gasteiger partial charge is 0.361 e. The van der Waals surface area contributed by atoms with Crippen LogP contribution in [0.15, 0.2) is 28.0 Å². The quantitative estimate of drug-likeness (QED) is 0.647. The van der Waals surface area contributed by atoms with E-state index in [1.165, 1.54) is 11.1 Å². The molecular weight excluding hydrogens is 266 g/mol. The van der Waals surface area contributed by atoms with Gasteiger partial charge in [-0.3, -0.25) is 4.99 Å². The Balaban J connectivity index is 1.78. The summed E-state index contributed by atoms with van der Waals surface area (Å²) in [7, 11) is 3.79. The van der Waals surface area contributed by atoms with Crippen LogP contribution in [-0.4, -0.2) is 29.3 Å². The first kappa shape index (κ1) is 15.2. The van der Waals surface area contributed by atoms with Crippen molar-refractivity contribution in [2.24, 2.45) is 12.0 Å². The van der Waals surface area contributed by atoms with Crippen LogP contribution in [-0.2, 0) is 20.0 Å². The van der Waals surface area contributed by atoms with Crippen LogP contribution in [0.5, 0.6) is 0 Å². The Morgan fingerprint density at radius 2 is 2.19 bits per heavy atom. The molecule has 0 radical (unpaired) electrons. The van der Waals surface area contributed by atoms with Crippen molar-refractivity contribution in [3.05, 3.63) is 41.0 Å². The van der Waals surface area contributed by atoms with Gasteiger partial charge in [0.1, 0.15) is 5.76 Å². The van der Waals surface area contributed by atoms with E-state index in [4.69, 9.17) is 4.52 Å². The maximum absolute atomic E-state index is 5.16. The Morgan fingerprint density at radius 1 is 1.38 bits per heavy atom. The lowest BCUT2D eigenvalue weighted by molar-refractivity contribution is 0.392. The Labute approximate surface area is 125 Å². The number of nitrogens with zero attached hydrogens (tertiary/aromatic N) is 3. The molecule has 2 rings (SSSR count). The van der Waals surface area contributed by atoms with Gasteiger partial charge >= 0.3 is 0 Å². The highest BCUT2D eigenvalue weighted by Crippen LogP contribution is 2.11. The van der Waals surface area contributed by atoms with Crippen molar-refractivity contribution in [2.45, 2.75) is 26.8 Å². The monoisotopic (exact) mass is 289 g/mol. The van der Waals surface area contributed by atoms with E-state index < -0.39 is 0 Å². The fraction of sp³-hybridized carbons (Fsp3) is 0.467. The second-order valence-electron chi connectivity index (χ2n) is 5.09. The molecule has 0 aliphatic rings. The summed E-state index contributed by atoms with van der Waals surface area (Å²) >= 11 is 0. The third-order valence-electron chi connectivity index (χ3n) is 3.43. The summed E-state index contributed by atoms with van der Waals surface area (Å²) in [6, 6.07) is 2.09. The van der Waals surface area contributed by atoms with Gasteiger partial charge in [-0.05, 0) is 31.9 Å². The minimum absolute atomic E-state index is 0.756. The molecule has 2 aromatic rings. The summed E-state index contributed by atoms with van der Waals surface area (Å²) in [5.41, 5.74) is 3.36. The molecule has 114 valence electrons. The summed E-state index contributed by atoms with van der Waals surface area (Å²) in [6.45, 7) is 5.45. The summed E-state index contributed by atoms with van der Waals surface area (Å²) in [5, 5.41) is 10.6. The molecule has 0 aliphatic carbocycles. The summed E-state index contributed by atoms with van der Waals surface area (Å²) in [5.74, 6) is 1.69. The van der Waals surface area contributed by atoms with Crippen molar-refractivity contribution in [2.75, 3.05) is 13.6 Å². The molecule has 0 saturated heterocycles. The SMILES string of the molecule is CN=C(NCCc1c(C)noc1C)NCc1ccn(C)c1. The van der Waals surface area contributed by atoms with Crippen molar-refractivity contribution in [1.82, 2.24) is 20.4 Å². The highest BCUT2D eigenvalue weighted by molar-refractivity contribution is 5.79. The first-order valence-corrected chi connectivity index (χ1v) is 7.07. The molecule has 2 aromatic heterocycles. The highest BCUT2D eigenvalue weighted by Gasteiger charge is 2.08. The second-order valence-corrected chi connectivity index (χ2v) is 5.09. The summed E-state index contributed by atoms with van der Waals surface area (Å²) < 4.78 is 7.19. The molecule has 6 heteroatoms. The molecule has 0 aromatic carbocycles. The van der Waals surface area contributed by atoms with Gasteiger partial charge in [0.2, 0.25) is 0 Å². The predicted molar refractivity (Wildman–Crippen MR) is 83.3 cm³/mol. The number of rotatable bonds is 5. The number of aromatic nitrogens is 2. The average Bonchev–Trinajstić information content (AvgIpc) is 3.02. The average molecular weight is 289 g/mol. The van der Waals surface area contributed by atoms with E-state index in [0.29, 0.717) is 0 Å². The predicted octanol–water partition coefficient (Wildman–Crippen LogP) is 1.54. The molecule has 6 nitrogen and oxygen atoms in total. The number of hydrogen-bond acceptors (Lipinski definition) is 3. The highest BCUT2D eigenvalue weighted by atomic mass is 16.5. The molecular formula is C15H23N5O. The lowest BCUT2D eigenvalue weighted by Gasteiger charge is -2.11. The zero-order valence-electron chi connectivity index (χ0n) is 13.1. The number of nitrogens with one attached hydrogen (secondary N) is 2. The minimum atomic E-state index is 0.756. The van der Waals surface area contributed by atoms with Crippen molar-refractivity contribution in [3.63, 3.8) is 0 Å². The fourth-order valence-corrected chi connectivity index (χ4v) is 2.24. The van der Waals surface area contributed by atoms with Crippen molar-refractivity contribution < 1.29 is 4.52 Å². The lowest BCUT2D eigenvalue weighted by atomic mass is 10.1. The van der Waals surface area contributed by atoms with Gasteiger partial charge in [-0.2, -0.15) is 0 Å². The summed E-state index contributed by atoms with van der Waals surface area (Å²) in [4.78, 5) is 4.22.